The minimum atomic E-state index is -0.680. The smallest absolute Gasteiger partial charge is 0.313 e. The van der Waals surface area contributed by atoms with Gasteiger partial charge >= 0.3 is 11.8 Å². The van der Waals surface area contributed by atoms with Gasteiger partial charge in [0, 0.05) is 6.54 Å². The predicted octanol–water partition coefficient (Wildman–Crippen LogP) is 3.07. The lowest BCUT2D eigenvalue weighted by molar-refractivity contribution is -0.148. The number of likely N-dealkylation sites (tertiary alicyclic amines) is 1. The highest BCUT2D eigenvalue weighted by Crippen LogP contribution is 2.33. The van der Waals surface area contributed by atoms with Crippen LogP contribution in [0, 0.1) is 6.92 Å². The van der Waals surface area contributed by atoms with Crippen LogP contribution in [0.25, 0.3) is 0 Å². The van der Waals surface area contributed by atoms with Crippen molar-refractivity contribution in [1.82, 2.24) is 9.88 Å². The van der Waals surface area contributed by atoms with Gasteiger partial charge in [0.1, 0.15) is 5.82 Å². The van der Waals surface area contributed by atoms with Crippen molar-refractivity contribution in [1.29, 1.82) is 0 Å². The number of hydrogen-bond donors (Lipinski definition) is 2. The van der Waals surface area contributed by atoms with E-state index in [1.54, 1.807) is 17.9 Å². The molecule has 1 saturated heterocycles. The highest BCUT2D eigenvalue weighted by Gasteiger charge is 2.36. The van der Waals surface area contributed by atoms with Crippen molar-refractivity contribution in [3.05, 3.63) is 53.7 Å². The summed E-state index contributed by atoms with van der Waals surface area (Å²) in [6.45, 7) is 6.27. The third-order valence-corrected chi connectivity index (χ3v) is 5.04. The van der Waals surface area contributed by atoms with Crippen molar-refractivity contribution in [3.8, 4) is 0 Å². The number of pyridine rings is 1. The van der Waals surface area contributed by atoms with E-state index in [1.165, 1.54) is 6.20 Å². The van der Waals surface area contributed by atoms with Crippen LogP contribution in [0.1, 0.15) is 43.9 Å². The summed E-state index contributed by atoms with van der Waals surface area (Å²) in [7, 11) is 0. The molecule has 1 aliphatic rings. The maximum atomic E-state index is 13.0. The highest BCUT2D eigenvalue weighted by molar-refractivity contribution is 6.39. The largest absolute Gasteiger partial charge is 0.383 e. The second-order valence-electron chi connectivity index (χ2n) is 7.64. The van der Waals surface area contributed by atoms with Gasteiger partial charge in [-0.15, -0.1) is 0 Å². The van der Waals surface area contributed by atoms with Gasteiger partial charge in [-0.1, -0.05) is 30.3 Å². The summed E-state index contributed by atoms with van der Waals surface area (Å²) < 4.78 is 5.99. The molecule has 2 aromatic rings. The molecule has 0 saturated carbocycles. The molecule has 1 fully saturated rings. The van der Waals surface area contributed by atoms with Crippen molar-refractivity contribution >= 4 is 23.3 Å². The number of amides is 2. The summed E-state index contributed by atoms with van der Waals surface area (Å²) in [4.78, 5) is 31.3. The quantitative estimate of drug-likeness (QED) is 0.774. The van der Waals surface area contributed by atoms with Gasteiger partial charge in [0.25, 0.3) is 0 Å². The summed E-state index contributed by atoms with van der Waals surface area (Å²) in [6, 6.07) is 11.3. The topological polar surface area (TPSA) is 97.5 Å². The fourth-order valence-electron chi connectivity index (χ4n) is 3.64. The van der Waals surface area contributed by atoms with E-state index >= 15 is 0 Å². The molecule has 0 bridgehead atoms. The standard InChI is InChI=1S/C22H28N4O3/c1-14(2)29-18-9-10-26(19(12-18)16-7-5-4-6-8-16)22(28)21(27)25-17-11-15(3)20(23)24-13-17/h4-8,11,13-14,18-19H,9-10,12H2,1-3H3,(H2,23,24)(H,25,27)/t18-,19+/m1/s1. The molecule has 1 aliphatic heterocycles. The number of ether oxygens (including phenoxy) is 1. The SMILES string of the molecule is Cc1cc(NC(=O)C(=O)N2CC[C@@H](OC(C)C)C[C@H]2c2ccccc2)cnc1N. The van der Waals surface area contributed by atoms with Crippen molar-refractivity contribution in [2.45, 2.75) is 51.9 Å². The molecule has 3 N–H and O–H groups in total. The summed E-state index contributed by atoms with van der Waals surface area (Å²) in [6.07, 6.45) is 2.97. The lowest BCUT2D eigenvalue weighted by Crippen LogP contribution is -2.47. The fraction of sp³-hybridized carbons (Fsp3) is 0.409. The van der Waals surface area contributed by atoms with E-state index in [1.807, 2.05) is 44.2 Å². The maximum Gasteiger partial charge on any atom is 0.313 e. The molecule has 2 amide bonds. The Balaban J connectivity index is 1.77. The van der Waals surface area contributed by atoms with Gasteiger partial charge < -0.3 is 20.7 Å². The number of carbonyl (C=O) groups excluding carboxylic acids is 2. The molecule has 1 aromatic carbocycles. The van der Waals surface area contributed by atoms with Gasteiger partial charge in [0.05, 0.1) is 30.1 Å². The van der Waals surface area contributed by atoms with Crippen LogP contribution in [0.15, 0.2) is 42.6 Å². The molecular formula is C22H28N4O3. The minimum Gasteiger partial charge on any atom is -0.383 e. The van der Waals surface area contributed by atoms with Crippen LogP contribution >= 0.6 is 0 Å². The van der Waals surface area contributed by atoms with Crippen LogP contribution in [0.3, 0.4) is 0 Å². The lowest BCUT2D eigenvalue weighted by atomic mass is 9.93. The number of benzene rings is 1. The Hall–Kier alpha value is -2.93. The monoisotopic (exact) mass is 396 g/mol. The number of rotatable bonds is 4. The number of nitrogens with one attached hydrogen (secondary N) is 1. The average Bonchev–Trinajstić information content (AvgIpc) is 2.70. The van der Waals surface area contributed by atoms with E-state index in [9.17, 15) is 9.59 Å². The first-order chi connectivity index (χ1) is 13.8. The zero-order chi connectivity index (χ0) is 21.0. The Labute approximate surface area is 171 Å². The van der Waals surface area contributed by atoms with Gasteiger partial charge in [-0.3, -0.25) is 9.59 Å². The number of hydrogen-bond acceptors (Lipinski definition) is 5. The molecule has 0 spiro atoms. The highest BCUT2D eigenvalue weighted by atomic mass is 16.5. The minimum absolute atomic E-state index is 0.0521. The number of carbonyl (C=O) groups is 2. The third kappa shape index (κ3) is 5.12. The first kappa shape index (κ1) is 20.8. The van der Waals surface area contributed by atoms with Crippen LogP contribution in [0.5, 0.6) is 0 Å². The van der Waals surface area contributed by atoms with Crippen molar-refractivity contribution in [2.24, 2.45) is 0 Å². The first-order valence-electron chi connectivity index (χ1n) is 9.89. The van der Waals surface area contributed by atoms with Gasteiger partial charge in [-0.05, 0) is 50.8 Å². The summed E-state index contributed by atoms with van der Waals surface area (Å²) in [5, 5.41) is 2.64. The van der Waals surface area contributed by atoms with Gasteiger partial charge in [0.2, 0.25) is 0 Å². The predicted molar refractivity (Wildman–Crippen MR) is 112 cm³/mol. The first-order valence-corrected chi connectivity index (χ1v) is 9.89. The molecule has 29 heavy (non-hydrogen) atoms. The van der Waals surface area contributed by atoms with E-state index in [-0.39, 0.29) is 18.2 Å². The Bertz CT molecular complexity index is 870. The number of nitrogen functional groups attached to an aromatic ring is 1. The Kier molecular flexibility index (Phi) is 6.49. The lowest BCUT2D eigenvalue weighted by Gasteiger charge is -2.39. The van der Waals surface area contributed by atoms with Crippen LogP contribution in [-0.4, -0.2) is 40.5 Å². The van der Waals surface area contributed by atoms with Crippen LogP contribution < -0.4 is 11.1 Å². The maximum absolute atomic E-state index is 13.0. The number of nitrogens with two attached hydrogens (primary N) is 1. The van der Waals surface area contributed by atoms with E-state index in [2.05, 4.69) is 10.3 Å². The van der Waals surface area contributed by atoms with Gasteiger partial charge in [0.15, 0.2) is 0 Å². The van der Waals surface area contributed by atoms with Gasteiger partial charge in [-0.2, -0.15) is 0 Å². The molecule has 0 radical (unpaired) electrons. The zero-order valence-corrected chi connectivity index (χ0v) is 17.1. The molecule has 0 aliphatic carbocycles. The molecule has 7 nitrogen and oxygen atoms in total. The molecule has 154 valence electrons. The van der Waals surface area contributed by atoms with Gasteiger partial charge in [-0.25, -0.2) is 4.98 Å². The number of piperidine rings is 1. The van der Waals surface area contributed by atoms with Crippen LogP contribution in [0.2, 0.25) is 0 Å². The van der Waals surface area contributed by atoms with Crippen LogP contribution in [0.4, 0.5) is 11.5 Å². The second-order valence-corrected chi connectivity index (χ2v) is 7.64. The number of nitrogens with zero attached hydrogens (tertiary/aromatic N) is 2. The molecule has 1 aromatic heterocycles. The third-order valence-electron chi connectivity index (χ3n) is 5.04. The average molecular weight is 396 g/mol. The second kappa shape index (κ2) is 9.05. The Morgan fingerprint density at radius 3 is 2.66 bits per heavy atom. The molecule has 0 unspecified atom stereocenters. The number of aryl methyl sites for hydroxylation is 1. The summed E-state index contributed by atoms with van der Waals surface area (Å²) in [5.74, 6) is -0.845. The Morgan fingerprint density at radius 2 is 2.00 bits per heavy atom. The summed E-state index contributed by atoms with van der Waals surface area (Å²) >= 11 is 0. The van der Waals surface area contributed by atoms with Crippen LogP contribution in [-0.2, 0) is 14.3 Å². The zero-order valence-electron chi connectivity index (χ0n) is 17.1. The fourth-order valence-corrected chi connectivity index (χ4v) is 3.64. The molecule has 2 heterocycles. The molecular weight excluding hydrogens is 368 g/mol. The summed E-state index contributed by atoms with van der Waals surface area (Å²) in [5.41, 5.74) is 7.90. The van der Waals surface area contributed by atoms with E-state index < -0.39 is 11.8 Å². The van der Waals surface area contributed by atoms with Crippen molar-refractivity contribution in [3.63, 3.8) is 0 Å². The Morgan fingerprint density at radius 1 is 1.28 bits per heavy atom. The van der Waals surface area contributed by atoms with Crippen molar-refractivity contribution in [2.75, 3.05) is 17.6 Å². The molecule has 7 heteroatoms. The number of anilines is 2. The van der Waals surface area contributed by atoms with E-state index in [4.69, 9.17) is 10.5 Å². The van der Waals surface area contributed by atoms with E-state index in [0.717, 1.165) is 11.1 Å². The normalized spacial score (nSPS) is 19.2. The number of aromatic nitrogens is 1. The van der Waals surface area contributed by atoms with E-state index in [0.29, 0.717) is 30.9 Å². The van der Waals surface area contributed by atoms with Crippen molar-refractivity contribution < 1.29 is 14.3 Å². The molecule has 2 atom stereocenters. The molecule has 3 rings (SSSR count).